The Morgan fingerprint density at radius 2 is 1.63 bits per heavy atom. The van der Waals surface area contributed by atoms with E-state index in [0.717, 1.165) is 30.6 Å². The van der Waals surface area contributed by atoms with Gasteiger partial charge in [0.25, 0.3) is 10.0 Å². The molecule has 2 aromatic carbocycles. The highest BCUT2D eigenvalue weighted by atomic mass is 35.5. The van der Waals surface area contributed by atoms with Crippen molar-refractivity contribution in [1.29, 1.82) is 0 Å². The highest BCUT2D eigenvalue weighted by Gasteiger charge is 2.33. The van der Waals surface area contributed by atoms with Gasteiger partial charge in [0.2, 0.25) is 10.0 Å². The fourth-order valence-electron chi connectivity index (χ4n) is 4.10. The van der Waals surface area contributed by atoms with Crippen molar-refractivity contribution in [2.45, 2.75) is 45.3 Å². The Hall–Kier alpha value is -2.15. The Balaban J connectivity index is 1.40. The van der Waals surface area contributed by atoms with Crippen LogP contribution in [0.4, 0.5) is 5.82 Å². The van der Waals surface area contributed by atoms with Crippen LogP contribution in [0, 0.1) is 5.92 Å². The first-order valence-electron chi connectivity index (χ1n) is 11.8. The summed E-state index contributed by atoms with van der Waals surface area (Å²) in [4.78, 5) is 18.7. The van der Waals surface area contributed by atoms with Crippen LogP contribution in [-0.2, 0) is 20.0 Å². The van der Waals surface area contributed by atoms with E-state index in [1.807, 2.05) is 0 Å². The fraction of sp³-hybridized carbons (Fsp3) is 0.280. The molecule has 3 aromatic rings. The topological polar surface area (TPSA) is 114 Å². The Kier molecular flexibility index (Phi) is 7.78. The lowest BCUT2D eigenvalue weighted by molar-refractivity contribution is 0.0968. The molecule has 1 aliphatic carbocycles. The van der Waals surface area contributed by atoms with Gasteiger partial charge in [0, 0.05) is 40.0 Å². The molecule has 2 heterocycles. The van der Waals surface area contributed by atoms with E-state index in [0.29, 0.717) is 23.0 Å². The van der Waals surface area contributed by atoms with Gasteiger partial charge in [0.15, 0.2) is 11.6 Å². The lowest BCUT2D eigenvalue weighted by Gasteiger charge is -2.15. The summed E-state index contributed by atoms with van der Waals surface area (Å²) in [6.07, 6.45) is 4.66. The van der Waals surface area contributed by atoms with Crippen molar-refractivity contribution >= 4 is 66.6 Å². The van der Waals surface area contributed by atoms with Crippen LogP contribution in [0.5, 0.6) is 0 Å². The Labute approximate surface area is 235 Å². The second-order valence-electron chi connectivity index (χ2n) is 9.07. The molecule has 2 aliphatic rings. The molecule has 8 nitrogen and oxygen atoms in total. The molecule has 1 aliphatic heterocycles. The van der Waals surface area contributed by atoms with E-state index in [9.17, 15) is 21.6 Å². The van der Waals surface area contributed by atoms with Gasteiger partial charge in [-0.15, -0.1) is 0 Å². The van der Waals surface area contributed by atoms with E-state index in [1.54, 1.807) is 30.3 Å². The first-order valence-corrected chi connectivity index (χ1v) is 16.3. The molecule has 0 radical (unpaired) electrons. The maximum Gasteiger partial charge on any atom is 0.264 e. The first-order chi connectivity index (χ1) is 18.0. The summed E-state index contributed by atoms with van der Waals surface area (Å²) in [6.45, 7) is 1.06. The molecule has 0 unspecified atom stereocenters. The number of rotatable bonds is 9. The van der Waals surface area contributed by atoms with Crippen molar-refractivity contribution in [2.24, 2.45) is 5.92 Å². The number of pyridine rings is 1. The minimum atomic E-state index is -4.14. The van der Waals surface area contributed by atoms with Crippen LogP contribution in [-0.4, -0.2) is 45.0 Å². The molecule has 1 saturated heterocycles. The summed E-state index contributed by atoms with van der Waals surface area (Å²) in [5, 5.41) is 0.238. The quantitative estimate of drug-likeness (QED) is 0.308. The van der Waals surface area contributed by atoms with E-state index in [-0.39, 0.29) is 37.9 Å². The number of ketones is 1. The standard InChI is InChI=1S/C25H23Cl2N3O5S3/c26-17-5-10-23(22(27)13-17)37(32,33)29-25-21(24(31)16-3-4-16)14-19(15-28-25)36-18-6-8-20(9-7-18)38(34,35)30-11-1-2-12-30/h5-10,13-16H,1-4,11-12H2,(H,28,29). The summed E-state index contributed by atoms with van der Waals surface area (Å²) in [7, 11) is -7.66. The summed E-state index contributed by atoms with van der Waals surface area (Å²) < 4.78 is 55.5. The van der Waals surface area contributed by atoms with Crippen LogP contribution in [0.15, 0.2) is 74.3 Å². The molecule has 0 spiro atoms. The van der Waals surface area contributed by atoms with Crippen molar-refractivity contribution < 1.29 is 21.6 Å². The highest BCUT2D eigenvalue weighted by molar-refractivity contribution is 7.99. The zero-order valence-corrected chi connectivity index (χ0v) is 23.9. The number of Topliss-reactive ketones (excluding diaryl/α,β-unsaturated/α-hetero) is 1. The molecule has 38 heavy (non-hydrogen) atoms. The number of anilines is 1. The zero-order chi connectivity index (χ0) is 27.1. The Morgan fingerprint density at radius 1 is 0.947 bits per heavy atom. The predicted molar refractivity (Wildman–Crippen MR) is 147 cm³/mol. The smallest absolute Gasteiger partial charge is 0.264 e. The molecule has 2 fully saturated rings. The van der Waals surface area contributed by atoms with Gasteiger partial charge in [0.1, 0.15) is 4.90 Å². The molecule has 0 amide bonds. The Bertz CT molecular complexity index is 1600. The maximum absolute atomic E-state index is 13.0. The van der Waals surface area contributed by atoms with Crippen LogP contribution in [0.2, 0.25) is 10.0 Å². The van der Waals surface area contributed by atoms with Crippen LogP contribution >= 0.6 is 35.0 Å². The Morgan fingerprint density at radius 3 is 2.26 bits per heavy atom. The van der Waals surface area contributed by atoms with Gasteiger partial charge >= 0.3 is 0 Å². The number of benzene rings is 2. The van der Waals surface area contributed by atoms with E-state index in [4.69, 9.17) is 23.2 Å². The normalized spacial score (nSPS) is 16.5. The van der Waals surface area contributed by atoms with Gasteiger partial charge in [-0.25, -0.2) is 21.8 Å². The van der Waals surface area contributed by atoms with Crippen molar-refractivity contribution in [3.63, 3.8) is 0 Å². The average molecular weight is 613 g/mol. The van der Waals surface area contributed by atoms with Gasteiger partial charge in [-0.05, 0) is 74.2 Å². The summed E-state index contributed by atoms with van der Waals surface area (Å²) >= 11 is 13.3. The number of nitrogens with zero attached hydrogens (tertiary/aromatic N) is 2. The van der Waals surface area contributed by atoms with E-state index >= 15 is 0 Å². The molecular weight excluding hydrogens is 589 g/mol. The number of sulfonamides is 2. The molecule has 5 rings (SSSR count). The van der Waals surface area contributed by atoms with Crippen molar-refractivity contribution in [2.75, 3.05) is 17.8 Å². The number of carbonyl (C=O) groups is 1. The largest absolute Gasteiger partial charge is 0.294 e. The van der Waals surface area contributed by atoms with Gasteiger partial charge < -0.3 is 0 Å². The number of carbonyl (C=O) groups excluding carboxylic acids is 1. The van der Waals surface area contributed by atoms with E-state index < -0.39 is 20.0 Å². The molecule has 1 aromatic heterocycles. The van der Waals surface area contributed by atoms with Crippen molar-refractivity contribution in [3.8, 4) is 0 Å². The summed E-state index contributed by atoms with van der Waals surface area (Å²) in [5.74, 6) is -0.439. The summed E-state index contributed by atoms with van der Waals surface area (Å²) in [5.41, 5.74) is 0.166. The minimum Gasteiger partial charge on any atom is -0.294 e. The number of aromatic nitrogens is 1. The molecule has 13 heteroatoms. The van der Waals surface area contributed by atoms with Crippen LogP contribution < -0.4 is 4.72 Å². The molecule has 1 N–H and O–H groups in total. The van der Waals surface area contributed by atoms with E-state index in [2.05, 4.69) is 9.71 Å². The van der Waals surface area contributed by atoms with E-state index in [1.165, 1.54) is 40.5 Å². The minimum absolute atomic E-state index is 0.0533. The number of hydrogen-bond donors (Lipinski definition) is 1. The second-order valence-corrected chi connectivity index (χ2v) is 14.6. The van der Waals surface area contributed by atoms with Crippen LogP contribution in [0.25, 0.3) is 0 Å². The first kappa shape index (κ1) is 27.4. The maximum atomic E-state index is 13.0. The number of hydrogen-bond acceptors (Lipinski definition) is 7. The van der Waals surface area contributed by atoms with Gasteiger partial charge in [-0.2, -0.15) is 4.31 Å². The fourth-order valence-corrected chi connectivity index (χ4v) is 8.25. The molecule has 200 valence electrons. The van der Waals surface area contributed by atoms with Gasteiger partial charge in [0.05, 0.1) is 15.5 Å². The average Bonchev–Trinajstić information content (AvgIpc) is 3.57. The molecule has 0 bridgehead atoms. The third kappa shape index (κ3) is 5.88. The third-order valence-corrected chi connectivity index (χ3v) is 11.2. The lowest BCUT2D eigenvalue weighted by Crippen LogP contribution is -2.27. The monoisotopic (exact) mass is 611 g/mol. The molecular formula is C25H23Cl2N3O5S3. The third-order valence-electron chi connectivity index (χ3n) is 6.25. The van der Waals surface area contributed by atoms with Crippen LogP contribution in [0.1, 0.15) is 36.0 Å². The second kappa shape index (κ2) is 10.8. The summed E-state index contributed by atoms with van der Waals surface area (Å²) in [6, 6.07) is 12.2. The zero-order valence-electron chi connectivity index (χ0n) is 19.9. The lowest BCUT2D eigenvalue weighted by atomic mass is 10.1. The van der Waals surface area contributed by atoms with Crippen molar-refractivity contribution in [1.82, 2.24) is 9.29 Å². The number of halogens is 2. The van der Waals surface area contributed by atoms with Gasteiger partial charge in [-0.3, -0.25) is 9.52 Å². The number of nitrogens with one attached hydrogen (secondary N) is 1. The predicted octanol–water partition coefficient (Wildman–Crippen LogP) is 5.72. The molecule has 1 saturated carbocycles. The van der Waals surface area contributed by atoms with Crippen LogP contribution in [0.3, 0.4) is 0 Å². The van der Waals surface area contributed by atoms with Crippen molar-refractivity contribution in [3.05, 3.63) is 70.3 Å². The van der Waals surface area contributed by atoms with Gasteiger partial charge in [-0.1, -0.05) is 35.0 Å². The molecule has 0 atom stereocenters. The highest BCUT2D eigenvalue weighted by Crippen LogP contribution is 2.37. The SMILES string of the molecule is O=C(c1cc(Sc2ccc(S(=O)(=O)N3CCCC3)cc2)cnc1NS(=O)(=O)c1ccc(Cl)cc1Cl)C1CC1.